The van der Waals surface area contributed by atoms with Gasteiger partial charge >= 0.3 is 12.3 Å². The zero-order valence-corrected chi connectivity index (χ0v) is 23.7. The van der Waals surface area contributed by atoms with E-state index in [0.717, 1.165) is 4.90 Å². The molecule has 0 unspecified atom stereocenters. The predicted octanol–water partition coefficient (Wildman–Crippen LogP) is 5.21. The van der Waals surface area contributed by atoms with Crippen LogP contribution in [0.3, 0.4) is 0 Å². The topological polar surface area (TPSA) is 123 Å². The lowest BCUT2D eigenvalue weighted by molar-refractivity contribution is -0.191. The van der Waals surface area contributed by atoms with Gasteiger partial charge in [-0.05, 0) is 61.9 Å². The van der Waals surface area contributed by atoms with E-state index in [9.17, 15) is 22.8 Å². The lowest BCUT2D eigenvalue weighted by atomic mass is 9.85. The summed E-state index contributed by atoms with van der Waals surface area (Å²) in [5.74, 6) is -0.894. The van der Waals surface area contributed by atoms with Crippen molar-refractivity contribution in [3.05, 3.63) is 47.0 Å². The molecule has 0 radical (unpaired) electrons. The number of anilines is 2. The quantitative estimate of drug-likeness (QED) is 0.363. The molecule has 0 aliphatic heterocycles. The molecule has 0 spiro atoms. The van der Waals surface area contributed by atoms with Crippen molar-refractivity contribution >= 4 is 40.8 Å². The molecule has 4 rings (SSSR count). The van der Waals surface area contributed by atoms with Crippen LogP contribution >= 0.6 is 11.6 Å². The molecular weight excluding hydrogens is 567 g/mol. The van der Waals surface area contributed by atoms with E-state index in [2.05, 4.69) is 30.4 Å². The number of nitrogens with one attached hydrogen (secondary N) is 2. The van der Waals surface area contributed by atoms with Crippen molar-refractivity contribution in [3.8, 4) is 0 Å². The third-order valence-electron chi connectivity index (χ3n) is 7.25. The Balaban J connectivity index is 1.51. The predicted molar refractivity (Wildman–Crippen MR) is 144 cm³/mol. The molecule has 0 saturated heterocycles. The molecule has 41 heavy (non-hydrogen) atoms. The Labute approximate surface area is 239 Å². The van der Waals surface area contributed by atoms with E-state index in [0.29, 0.717) is 42.8 Å². The molecule has 1 saturated carbocycles. The number of alkyl carbamates (subject to hydrolysis) is 1. The maximum absolute atomic E-state index is 14.3. The molecule has 1 fully saturated rings. The number of fused-ring (bicyclic) bond motifs is 1. The van der Waals surface area contributed by atoms with Gasteiger partial charge in [0.05, 0.1) is 30.8 Å². The maximum Gasteiger partial charge on any atom is 0.413 e. The molecule has 1 aliphatic carbocycles. The molecule has 11 nitrogen and oxygen atoms in total. The maximum atomic E-state index is 14.3. The van der Waals surface area contributed by atoms with Gasteiger partial charge in [-0.15, -0.1) is 5.10 Å². The van der Waals surface area contributed by atoms with Crippen molar-refractivity contribution in [2.45, 2.75) is 57.0 Å². The van der Waals surface area contributed by atoms with Gasteiger partial charge in [-0.2, -0.15) is 22.7 Å². The number of methoxy groups -OCH3 is 2. The van der Waals surface area contributed by atoms with E-state index in [1.54, 1.807) is 6.92 Å². The zero-order chi connectivity index (χ0) is 29.9. The summed E-state index contributed by atoms with van der Waals surface area (Å²) in [6, 6.07) is 3.35. The van der Waals surface area contributed by atoms with Crippen LogP contribution in [0.1, 0.15) is 56.0 Å². The van der Waals surface area contributed by atoms with Crippen LogP contribution in [0.5, 0.6) is 0 Å². The Morgan fingerprint density at radius 1 is 1.15 bits per heavy atom. The van der Waals surface area contributed by atoms with Gasteiger partial charge in [0, 0.05) is 31.8 Å². The summed E-state index contributed by atoms with van der Waals surface area (Å²) in [6.07, 6.45) is -2.53. The van der Waals surface area contributed by atoms with Crippen LogP contribution in [0.4, 0.5) is 29.3 Å². The highest BCUT2D eigenvalue weighted by molar-refractivity contribution is 6.28. The molecule has 0 bridgehead atoms. The fourth-order valence-electron chi connectivity index (χ4n) is 5.09. The minimum atomic E-state index is -4.70. The monoisotopic (exact) mass is 597 g/mol. The third kappa shape index (κ3) is 6.81. The average Bonchev–Trinajstić information content (AvgIpc) is 3.32. The summed E-state index contributed by atoms with van der Waals surface area (Å²) >= 11 is 5.94. The van der Waals surface area contributed by atoms with Crippen LogP contribution in [0, 0.1) is 5.92 Å². The lowest BCUT2D eigenvalue weighted by Gasteiger charge is -2.35. The van der Waals surface area contributed by atoms with E-state index < -0.39 is 36.2 Å². The third-order valence-corrected chi connectivity index (χ3v) is 7.41. The van der Waals surface area contributed by atoms with Gasteiger partial charge in [0.1, 0.15) is 0 Å². The van der Waals surface area contributed by atoms with Gasteiger partial charge in [-0.25, -0.2) is 9.78 Å². The SMILES string of the molecule is COC(=O)NC1CCC(C(=O)N(C)[C@@H](c2ccc(Nc3cnc4nc(Cl)nn4c3[C@H](C)OC)cc2)C(F)(F)F)CC1. The Morgan fingerprint density at radius 3 is 2.39 bits per heavy atom. The number of rotatable bonds is 8. The molecule has 1 aromatic carbocycles. The van der Waals surface area contributed by atoms with Crippen molar-refractivity contribution in [1.82, 2.24) is 29.8 Å². The number of amides is 2. The number of aromatic nitrogens is 4. The second-order valence-corrected chi connectivity index (χ2v) is 10.2. The number of benzene rings is 1. The fourth-order valence-corrected chi connectivity index (χ4v) is 5.24. The molecule has 2 amide bonds. The van der Waals surface area contributed by atoms with Gasteiger partial charge < -0.3 is 25.0 Å². The Morgan fingerprint density at radius 2 is 1.80 bits per heavy atom. The van der Waals surface area contributed by atoms with Crippen LogP contribution in [0.25, 0.3) is 5.78 Å². The average molecular weight is 598 g/mol. The molecule has 2 heterocycles. The van der Waals surface area contributed by atoms with E-state index in [4.69, 9.17) is 16.3 Å². The van der Waals surface area contributed by atoms with Gasteiger partial charge in [-0.1, -0.05) is 12.1 Å². The first-order valence-electron chi connectivity index (χ1n) is 12.9. The minimum Gasteiger partial charge on any atom is -0.453 e. The molecule has 2 aromatic heterocycles. The zero-order valence-electron chi connectivity index (χ0n) is 22.9. The summed E-state index contributed by atoms with van der Waals surface area (Å²) in [6.45, 7) is 1.79. The van der Waals surface area contributed by atoms with Crippen LogP contribution in [-0.2, 0) is 14.3 Å². The van der Waals surface area contributed by atoms with Crippen LogP contribution in [-0.4, -0.2) is 70.0 Å². The number of carbonyl (C=O) groups excluding carboxylic acids is 2. The van der Waals surface area contributed by atoms with Gasteiger partial charge in [0.15, 0.2) is 6.04 Å². The van der Waals surface area contributed by atoms with Crippen molar-refractivity contribution in [2.75, 3.05) is 26.6 Å². The summed E-state index contributed by atoms with van der Waals surface area (Å²) in [5.41, 5.74) is 1.47. The Hall–Kier alpha value is -3.65. The molecule has 2 atom stereocenters. The first kappa shape index (κ1) is 30.3. The Bertz CT molecular complexity index is 1380. The van der Waals surface area contributed by atoms with E-state index in [1.807, 2.05) is 0 Å². The van der Waals surface area contributed by atoms with Crippen molar-refractivity contribution in [2.24, 2.45) is 5.92 Å². The van der Waals surface area contributed by atoms with Gasteiger partial charge in [0.2, 0.25) is 11.2 Å². The summed E-state index contributed by atoms with van der Waals surface area (Å²) < 4.78 is 54.3. The highest BCUT2D eigenvalue weighted by Gasteiger charge is 2.46. The Kier molecular flexibility index (Phi) is 9.22. The summed E-state index contributed by atoms with van der Waals surface area (Å²) in [5, 5.41) is 9.97. The summed E-state index contributed by atoms with van der Waals surface area (Å²) in [7, 11) is 3.95. The second kappa shape index (κ2) is 12.5. The van der Waals surface area contributed by atoms with Gasteiger partial charge in [-0.3, -0.25) is 4.79 Å². The van der Waals surface area contributed by atoms with Crippen molar-refractivity contribution < 1.29 is 32.2 Å². The minimum absolute atomic E-state index is 0.00585. The van der Waals surface area contributed by atoms with Crippen LogP contribution < -0.4 is 10.6 Å². The second-order valence-electron chi connectivity index (χ2n) is 9.85. The normalized spacial score (nSPS) is 18.9. The van der Waals surface area contributed by atoms with Crippen LogP contribution in [0.2, 0.25) is 5.28 Å². The highest BCUT2D eigenvalue weighted by Crippen LogP contribution is 2.39. The molecule has 3 aromatic rings. The lowest BCUT2D eigenvalue weighted by Crippen LogP contribution is -2.45. The molecular formula is C26H31ClF3N7O4. The fraction of sp³-hybridized carbons (Fsp3) is 0.500. The molecule has 222 valence electrons. The number of halogens is 4. The number of nitrogens with zero attached hydrogens (tertiary/aromatic N) is 5. The van der Waals surface area contributed by atoms with Gasteiger partial charge in [0.25, 0.3) is 5.78 Å². The number of carbonyl (C=O) groups is 2. The number of hydrogen-bond acceptors (Lipinski definition) is 8. The van der Waals surface area contributed by atoms with Crippen molar-refractivity contribution in [1.29, 1.82) is 0 Å². The van der Waals surface area contributed by atoms with E-state index >= 15 is 0 Å². The largest absolute Gasteiger partial charge is 0.453 e. The van der Waals surface area contributed by atoms with Crippen molar-refractivity contribution in [3.63, 3.8) is 0 Å². The smallest absolute Gasteiger partial charge is 0.413 e. The van der Waals surface area contributed by atoms with E-state index in [-0.39, 0.29) is 22.7 Å². The molecule has 1 aliphatic rings. The molecule has 15 heteroatoms. The summed E-state index contributed by atoms with van der Waals surface area (Å²) in [4.78, 5) is 33.6. The molecule has 2 N–H and O–H groups in total. The highest BCUT2D eigenvalue weighted by atomic mass is 35.5. The van der Waals surface area contributed by atoms with E-state index in [1.165, 1.54) is 56.2 Å². The first-order chi connectivity index (χ1) is 19.4. The number of alkyl halides is 3. The number of ether oxygens (including phenoxy) is 2. The van der Waals surface area contributed by atoms with Crippen LogP contribution in [0.15, 0.2) is 30.5 Å². The first-order valence-corrected chi connectivity index (χ1v) is 13.3. The standard InChI is InChI=1S/C26H31ClF3N7O4/c1-14(40-3)20-19(13-31-24-34-23(27)35-37(20)24)32-17-9-5-15(6-10-17)21(26(28,29)30)36(2)22(38)16-7-11-18(12-8-16)33-25(39)41-4/h5-6,9-10,13-14,16,18,21,32H,7-8,11-12H2,1-4H3,(H,33,39)/t14-,16?,18?,21-/m0/s1. The number of hydrogen-bond donors (Lipinski definition) is 2.